The molecular weight excluding hydrogens is 418 g/mol. The zero-order valence-electron chi connectivity index (χ0n) is 18.7. The van der Waals surface area contributed by atoms with Crippen LogP contribution in [0.4, 0.5) is 28.4 Å². The molecular formula is C25H27N5O3. The Morgan fingerprint density at radius 3 is 1.82 bits per heavy atom. The van der Waals surface area contributed by atoms with Crippen molar-refractivity contribution in [3.8, 4) is 0 Å². The standard InChI is InChI=1S/C25H27N5O3/c1-18-16-24(23(19(2)33)17-25(18)30(12-14-31)13-15-32)29-28-22-10-8-21(9-11-22)27-26-20-6-4-3-5-7-20/h3-11,16-17,31-32H,12-15H2,1-2H3/b27-26+,29-28+. The van der Waals surface area contributed by atoms with Gasteiger partial charge >= 0.3 is 0 Å². The van der Waals surface area contributed by atoms with Gasteiger partial charge in [0.2, 0.25) is 0 Å². The van der Waals surface area contributed by atoms with E-state index < -0.39 is 0 Å². The summed E-state index contributed by atoms with van der Waals surface area (Å²) in [6.45, 7) is 3.96. The van der Waals surface area contributed by atoms with E-state index in [1.54, 1.807) is 36.4 Å². The van der Waals surface area contributed by atoms with E-state index in [-0.39, 0.29) is 19.0 Å². The SMILES string of the molecule is CC(=O)c1cc(N(CCO)CCO)c(C)cc1/N=N/c1ccc(/N=N/c2ccccc2)cc1. The Morgan fingerprint density at radius 2 is 1.30 bits per heavy atom. The van der Waals surface area contributed by atoms with E-state index in [1.807, 2.05) is 42.2 Å². The van der Waals surface area contributed by atoms with Crippen molar-refractivity contribution in [2.75, 3.05) is 31.2 Å². The highest BCUT2D eigenvalue weighted by Crippen LogP contribution is 2.31. The normalized spacial score (nSPS) is 11.4. The second-order valence-corrected chi connectivity index (χ2v) is 7.40. The van der Waals surface area contributed by atoms with E-state index in [2.05, 4.69) is 20.5 Å². The molecule has 0 amide bonds. The number of benzene rings is 3. The minimum absolute atomic E-state index is 0.0583. The number of hydrogen-bond acceptors (Lipinski definition) is 8. The van der Waals surface area contributed by atoms with Crippen LogP contribution in [0.3, 0.4) is 0 Å². The van der Waals surface area contributed by atoms with E-state index in [4.69, 9.17) is 0 Å². The lowest BCUT2D eigenvalue weighted by molar-refractivity contribution is 0.101. The summed E-state index contributed by atoms with van der Waals surface area (Å²) < 4.78 is 0. The summed E-state index contributed by atoms with van der Waals surface area (Å²) in [5, 5.41) is 35.6. The molecule has 0 unspecified atom stereocenters. The maximum Gasteiger partial charge on any atom is 0.162 e. The summed E-state index contributed by atoms with van der Waals surface area (Å²) in [6.07, 6.45) is 0. The average molecular weight is 446 g/mol. The third-order valence-corrected chi connectivity index (χ3v) is 4.93. The van der Waals surface area contributed by atoms with E-state index in [0.717, 1.165) is 16.9 Å². The summed E-state index contributed by atoms with van der Waals surface area (Å²) in [7, 11) is 0. The molecule has 0 spiro atoms. The van der Waals surface area contributed by atoms with Crippen LogP contribution in [0.5, 0.6) is 0 Å². The Morgan fingerprint density at radius 1 is 0.788 bits per heavy atom. The lowest BCUT2D eigenvalue weighted by Gasteiger charge is -2.25. The molecule has 3 aromatic carbocycles. The van der Waals surface area contributed by atoms with Crippen LogP contribution in [0.15, 0.2) is 87.2 Å². The van der Waals surface area contributed by atoms with E-state index >= 15 is 0 Å². The van der Waals surface area contributed by atoms with Gasteiger partial charge in [-0.3, -0.25) is 4.79 Å². The van der Waals surface area contributed by atoms with Crippen molar-refractivity contribution in [2.45, 2.75) is 13.8 Å². The molecule has 170 valence electrons. The van der Waals surface area contributed by atoms with E-state index in [0.29, 0.717) is 35.7 Å². The maximum atomic E-state index is 12.3. The van der Waals surface area contributed by atoms with Crippen LogP contribution in [0, 0.1) is 6.92 Å². The van der Waals surface area contributed by atoms with Crippen LogP contribution in [0.1, 0.15) is 22.8 Å². The van der Waals surface area contributed by atoms with Crippen molar-refractivity contribution in [2.24, 2.45) is 20.5 Å². The maximum absolute atomic E-state index is 12.3. The Kier molecular flexibility index (Phi) is 8.51. The van der Waals surface area contributed by atoms with Crippen molar-refractivity contribution >= 4 is 34.2 Å². The zero-order valence-corrected chi connectivity index (χ0v) is 18.7. The second-order valence-electron chi connectivity index (χ2n) is 7.40. The van der Waals surface area contributed by atoms with Gasteiger partial charge in [0.1, 0.15) is 0 Å². The summed E-state index contributed by atoms with van der Waals surface area (Å²) >= 11 is 0. The number of anilines is 1. The van der Waals surface area contributed by atoms with Crippen molar-refractivity contribution in [3.63, 3.8) is 0 Å². The molecule has 3 rings (SSSR count). The molecule has 0 aliphatic rings. The third-order valence-electron chi connectivity index (χ3n) is 4.93. The number of rotatable bonds is 10. The number of aryl methyl sites for hydroxylation is 1. The van der Waals surface area contributed by atoms with Gasteiger partial charge in [-0.2, -0.15) is 15.3 Å². The monoisotopic (exact) mass is 445 g/mol. The molecule has 0 aliphatic heterocycles. The molecule has 0 bridgehead atoms. The number of aliphatic hydroxyl groups excluding tert-OH is 2. The van der Waals surface area contributed by atoms with Gasteiger partial charge < -0.3 is 15.1 Å². The smallest absolute Gasteiger partial charge is 0.162 e. The van der Waals surface area contributed by atoms with Crippen LogP contribution < -0.4 is 4.90 Å². The first-order chi connectivity index (χ1) is 16.0. The lowest BCUT2D eigenvalue weighted by atomic mass is 10.0. The Bertz CT molecular complexity index is 1120. The molecule has 0 aliphatic carbocycles. The Hall–Kier alpha value is -3.75. The number of ketones is 1. The van der Waals surface area contributed by atoms with Gasteiger partial charge in [-0.25, -0.2) is 0 Å². The van der Waals surface area contributed by atoms with Crippen molar-refractivity contribution < 1.29 is 15.0 Å². The molecule has 8 heteroatoms. The first-order valence-electron chi connectivity index (χ1n) is 10.6. The molecule has 3 aromatic rings. The molecule has 0 radical (unpaired) electrons. The molecule has 0 saturated heterocycles. The molecule has 8 nitrogen and oxygen atoms in total. The lowest BCUT2D eigenvalue weighted by Crippen LogP contribution is -2.30. The van der Waals surface area contributed by atoms with Crippen LogP contribution in [0.25, 0.3) is 0 Å². The summed E-state index contributed by atoms with van der Waals surface area (Å²) in [6, 6.07) is 20.2. The largest absolute Gasteiger partial charge is 0.395 e. The fraction of sp³-hybridized carbons (Fsp3) is 0.240. The van der Waals surface area contributed by atoms with Gasteiger partial charge in [-0.1, -0.05) is 18.2 Å². The number of Topliss-reactive ketones (excluding diaryl/α,β-unsaturated/α-hetero) is 1. The molecule has 0 atom stereocenters. The summed E-state index contributed by atoms with van der Waals surface area (Å²) in [5.74, 6) is -0.144. The Balaban J connectivity index is 1.81. The van der Waals surface area contributed by atoms with Crippen molar-refractivity contribution in [1.29, 1.82) is 0 Å². The van der Waals surface area contributed by atoms with Gasteiger partial charge in [0.15, 0.2) is 5.78 Å². The molecule has 0 aromatic heterocycles. The summed E-state index contributed by atoms with van der Waals surface area (Å²) in [4.78, 5) is 14.1. The molecule has 0 heterocycles. The molecule has 2 N–H and O–H groups in total. The fourth-order valence-corrected chi connectivity index (χ4v) is 3.29. The topological polar surface area (TPSA) is 110 Å². The number of hydrogen-bond donors (Lipinski definition) is 2. The third kappa shape index (κ3) is 6.61. The minimum Gasteiger partial charge on any atom is -0.395 e. The van der Waals surface area contributed by atoms with E-state index in [9.17, 15) is 15.0 Å². The Labute approximate surface area is 193 Å². The predicted molar refractivity (Wildman–Crippen MR) is 129 cm³/mol. The van der Waals surface area contributed by atoms with Crippen LogP contribution >= 0.6 is 0 Å². The number of carbonyl (C=O) groups excluding carboxylic acids is 1. The summed E-state index contributed by atoms with van der Waals surface area (Å²) in [5.41, 5.74) is 4.61. The van der Waals surface area contributed by atoms with Gasteiger partial charge in [0.05, 0.1) is 36.0 Å². The highest BCUT2D eigenvalue weighted by atomic mass is 16.3. The number of carbonyl (C=O) groups is 1. The first kappa shape index (κ1) is 23.9. The zero-order chi connectivity index (χ0) is 23.6. The molecule has 0 saturated carbocycles. The van der Waals surface area contributed by atoms with Gasteiger partial charge in [-0.15, -0.1) is 5.11 Å². The van der Waals surface area contributed by atoms with Crippen LogP contribution in [0.2, 0.25) is 0 Å². The van der Waals surface area contributed by atoms with Crippen molar-refractivity contribution in [3.05, 3.63) is 77.9 Å². The van der Waals surface area contributed by atoms with Crippen molar-refractivity contribution in [1.82, 2.24) is 0 Å². The molecule has 0 fully saturated rings. The van der Waals surface area contributed by atoms with Crippen LogP contribution in [-0.4, -0.2) is 42.3 Å². The first-order valence-corrected chi connectivity index (χ1v) is 10.6. The van der Waals surface area contributed by atoms with Gasteiger partial charge in [0, 0.05) is 24.3 Å². The number of nitrogens with zero attached hydrogens (tertiary/aromatic N) is 5. The highest BCUT2D eigenvalue weighted by molar-refractivity contribution is 6.00. The van der Waals surface area contributed by atoms with E-state index in [1.165, 1.54) is 6.92 Å². The van der Waals surface area contributed by atoms with Gasteiger partial charge in [-0.05, 0) is 67.9 Å². The fourth-order valence-electron chi connectivity index (χ4n) is 3.29. The number of aliphatic hydroxyl groups is 2. The second kappa shape index (κ2) is 11.8. The average Bonchev–Trinajstić information content (AvgIpc) is 2.82. The van der Waals surface area contributed by atoms with Crippen LogP contribution in [-0.2, 0) is 0 Å². The molecule has 33 heavy (non-hydrogen) atoms. The van der Waals surface area contributed by atoms with Gasteiger partial charge in [0.25, 0.3) is 0 Å². The predicted octanol–water partition coefficient (Wildman–Crippen LogP) is 5.82. The minimum atomic E-state index is -0.144. The quantitative estimate of drug-likeness (QED) is 0.303. The highest BCUT2D eigenvalue weighted by Gasteiger charge is 2.15. The number of azo groups is 2.